The first-order valence-corrected chi connectivity index (χ1v) is 10.3. The molecular weight excluding hydrogens is 372 g/mol. The summed E-state index contributed by atoms with van der Waals surface area (Å²) < 4.78 is 3.45. The van der Waals surface area contributed by atoms with Crippen molar-refractivity contribution in [3.63, 3.8) is 0 Å². The van der Waals surface area contributed by atoms with E-state index in [0.717, 1.165) is 52.4 Å². The zero-order chi connectivity index (χ0) is 19.3. The van der Waals surface area contributed by atoms with Crippen LogP contribution in [0.5, 0.6) is 0 Å². The Morgan fingerprint density at radius 2 is 2.04 bits per heavy atom. The van der Waals surface area contributed by atoms with Crippen LogP contribution >= 0.6 is 11.3 Å². The van der Waals surface area contributed by atoms with E-state index in [1.165, 1.54) is 0 Å². The van der Waals surface area contributed by atoms with E-state index in [0.29, 0.717) is 11.7 Å². The smallest absolute Gasteiger partial charge is 0.259 e. The SMILES string of the molecule is CN(c1cn2c(=O)cc(-c3ccc4nn(C)cc4c3)nc2s1)C1CCNCC1. The van der Waals surface area contributed by atoms with Gasteiger partial charge in [0.1, 0.15) is 5.00 Å². The van der Waals surface area contributed by atoms with Crippen molar-refractivity contribution in [2.45, 2.75) is 18.9 Å². The zero-order valence-corrected chi connectivity index (χ0v) is 16.7. The Labute approximate surface area is 166 Å². The number of piperidine rings is 1. The summed E-state index contributed by atoms with van der Waals surface area (Å²) in [4.78, 5) is 20.5. The molecule has 0 bridgehead atoms. The Hall–Kier alpha value is -2.71. The Morgan fingerprint density at radius 1 is 1.21 bits per heavy atom. The van der Waals surface area contributed by atoms with Gasteiger partial charge in [-0.25, -0.2) is 4.98 Å². The molecule has 1 aromatic carbocycles. The number of thiazole rings is 1. The monoisotopic (exact) mass is 394 g/mol. The number of aromatic nitrogens is 4. The highest BCUT2D eigenvalue weighted by molar-refractivity contribution is 7.20. The van der Waals surface area contributed by atoms with E-state index < -0.39 is 0 Å². The number of hydrogen-bond donors (Lipinski definition) is 1. The Kier molecular flexibility index (Phi) is 4.17. The van der Waals surface area contributed by atoms with Crippen molar-refractivity contribution in [2.75, 3.05) is 25.0 Å². The first kappa shape index (κ1) is 17.4. The molecule has 1 saturated heterocycles. The van der Waals surface area contributed by atoms with Crippen LogP contribution in [-0.2, 0) is 7.05 Å². The highest BCUT2D eigenvalue weighted by atomic mass is 32.1. The molecule has 0 aliphatic carbocycles. The summed E-state index contributed by atoms with van der Waals surface area (Å²) in [5.41, 5.74) is 2.52. The molecule has 4 heterocycles. The molecule has 8 heteroatoms. The molecule has 7 nitrogen and oxygen atoms in total. The van der Waals surface area contributed by atoms with E-state index in [1.54, 1.807) is 26.5 Å². The minimum Gasteiger partial charge on any atom is -0.362 e. The van der Waals surface area contributed by atoms with Crippen LogP contribution in [0.3, 0.4) is 0 Å². The van der Waals surface area contributed by atoms with Gasteiger partial charge in [0.2, 0.25) is 0 Å². The molecule has 28 heavy (non-hydrogen) atoms. The first-order chi connectivity index (χ1) is 13.6. The van der Waals surface area contributed by atoms with Gasteiger partial charge in [0.05, 0.1) is 11.2 Å². The lowest BCUT2D eigenvalue weighted by molar-refractivity contribution is 0.444. The van der Waals surface area contributed by atoms with Gasteiger partial charge in [-0.05, 0) is 38.1 Å². The van der Waals surface area contributed by atoms with Crippen molar-refractivity contribution >= 4 is 32.2 Å². The molecule has 1 aliphatic rings. The fourth-order valence-electron chi connectivity index (χ4n) is 3.88. The fraction of sp³-hybridized carbons (Fsp3) is 0.350. The number of nitrogens with zero attached hydrogens (tertiary/aromatic N) is 5. The predicted octanol–water partition coefficient (Wildman–Crippen LogP) is 2.50. The number of hydrogen-bond acceptors (Lipinski definition) is 6. The Balaban J connectivity index is 1.54. The largest absolute Gasteiger partial charge is 0.362 e. The molecule has 1 N–H and O–H groups in total. The van der Waals surface area contributed by atoms with Crippen LogP contribution in [0.25, 0.3) is 27.1 Å². The van der Waals surface area contributed by atoms with Crippen LogP contribution < -0.4 is 15.8 Å². The van der Waals surface area contributed by atoms with Crippen molar-refractivity contribution in [2.24, 2.45) is 7.05 Å². The van der Waals surface area contributed by atoms with Crippen LogP contribution in [0.1, 0.15) is 12.8 Å². The minimum absolute atomic E-state index is 0.0486. The summed E-state index contributed by atoms with van der Waals surface area (Å²) in [6.07, 6.45) is 6.12. The van der Waals surface area contributed by atoms with Gasteiger partial charge in [-0.1, -0.05) is 17.4 Å². The average Bonchev–Trinajstić information content (AvgIpc) is 3.30. The Bertz CT molecular complexity index is 1220. The number of fused-ring (bicyclic) bond motifs is 2. The van der Waals surface area contributed by atoms with Gasteiger partial charge in [0.15, 0.2) is 4.96 Å². The van der Waals surface area contributed by atoms with E-state index in [4.69, 9.17) is 4.98 Å². The third kappa shape index (κ3) is 2.98. The van der Waals surface area contributed by atoms with Crippen molar-refractivity contribution < 1.29 is 0 Å². The van der Waals surface area contributed by atoms with E-state index in [9.17, 15) is 4.79 Å². The van der Waals surface area contributed by atoms with Crippen molar-refractivity contribution in [3.05, 3.63) is 47.0 Å². The molecule has 0 amide bonds. The summed E-state index contributed by atoms with van der Waals surface area (Å²) in [5, 5.41) is 9.93. The van der Waals surface area contributed by atoms with E-state index in [-0.39, 0.29) is 5.56 Å². The van der Waals surface area contributed by atoms with E-state index in [2.05, 4.69) is 22.4 Å². The quantitative estimate of drug-likeness (QED) is 0.578. The highest BCUT2D eigenvalue weighted by Crippen LogP contribution is 2.29. The lowest BCUT2D eigenvalue weighted by atomic mass is 10.1. The minimum atomic E-state index is -0.0486. The topological polar surface area (TPSA) is 67.5 Å². The maximum atomic E-state index is 12.7. The van der Waals surface area contributed by atoms with Gasteiger partial charge in [-0.3, -0.25) is 13.9 Å². The van der Waals surface area contributed by atoms with Gasteiger partial charge < -0.3 is 10.2 Å². The number of nitrogens with one attached hydrogen (secondary N) is 1. The summed E-state index contributed by atoms with van der Waals surface area (Å²) >= 11 is 1.57. The molecule has 0 unspecified atom stereocenters. The molecule has 0 radical (unpaired) electrons. The van der Waals surface area contributed by atoms with Crippen LogP contribution in [0.4, 0.5) is 5.00 Å². The predicted molar refractivity (Wildman–Crippen MR) is 113 cm³/mol. The summed E-state index contributed by atoms with van der Waals surface area (Å²) in [7, 11) is 4.02. The van der Waals surface area contributed by atoms with Gasteiger partial charge in [0, 0.05) is 49.5 Å². The molecule has 1 aliphatic heterocycles. The molecule has 0 atom stereocenters. The Morgan fingerprint density at radius 3 is 2.86 bits per heavy atom. The van der Waals surface area contributed by atoms with Gasteiger partial charge >= 0.3 is 0 Å². The van der Waals surface area contributed by atoms with Crippen LogP contribution in [0, 0.1) is 0 Å². The summed E-state index contributed by atoms with van der Waals surface area (Å²) in [6.45, 7) is 2.08. The lowest BCUT2D eigenvalue weighted by Crippen LogP contribution is -2.40. The highest BCUT2D eigenvalue weighted by Gasteiger charge is 2.20. The third-order valence-corrected chi connectivity index (χ3v) is 6.55. The average molecular weight is 395 g/mol. The van der Waals surface area contributed by atoms with Crippen molar-refractivity contribution in [3.8, 4) is 11.3 Å². The van der Waals surface area contributed by atoms with Crippen LogP contribution in [0.2, 0.25) is 0 Å². The second-order valence-corrected chi connectivity index (χ2v) is 8.36. The second-order valence-electron chi connectivity index (χ2n) is 7.37. The third-order valence-electron chi connectivity index (χ3n) is 5.47. The molecule has 0 spiro atoms. The van der Waals surface area contributed by atoms with E-state index >= 15 is 0 Å². The summed E-state index contributed by atoms with van der Waals surface area (Å²) in [6, 6.07) is 8.10. The maximum absolute atomic E-state index is 12.7. The normalized spacial score (nSPS) is 15.5. The number of benzene rings is 1. The molecule has 3 aromatic heterocycles. The van der Waals surface area contributed by atoms with Crippen LogP contribution in [-0.4, -0.2) is 45.3 Å². The standard InChI is InChI=1S/C20H22N6OS/c1-24-11-14-9-13(3-4-16(14)23-24)17-10-18(27)26-12-19(28-20(26)22-17)25(2)15-5-7-21-8-6-15/h3-4,9-12,15,21H,5-8H2,1-2H3. The van der Waals surface area contributed by atoms with Crippen LogP contribution in [0.15, 0.2) is 41.5 Å². The maximum Gasteiger partial charge on any atom is 0.259 e. The van der Waals surface area contributed by atoms with Gasteiger partial charge in [0.25, 0.3) is 5.56 Å². The lowest BCUT2D eigenvalue weighted by Gasteiger charge is -2.31. The summed E-state index contributed by atoms with van der Waals surface area (Å²) in [5.74, 6) is 0. The molecule has 1 fully saturated rings. The molecule has 4 aromatic rings. The van der Waals surface area contributed by atoms with Gasteiger partial charge in [-0.2, -0.15) is 5.10 Å². The van der Waals surface area contributed by atoms with Crippen molar-refractivity contribution in [1.82, 2.24) is 24.5 Å². The number of anilines is 1. The molecule has 0 saturated carbocycles. The number of aryl methyl sites for hydroxylation is 1. The molecular formula is C20H22N6OS. The van der Waals surface area contributed by atoms with Crippen molar-refractivity contribution in [1.29, 1.82) is 0 Å². The number of rotatable bonds is 3. The zero-order valence-electron chi connectivity index (χ0n) is 15.9. The van der Waals surface area contributed by atoms with Gasteiger partial charge in [-0.15, -0.1) is 0 Å². The molecule has 144 valence electrons. The second kappa shape index (κ2) is 6.72. The first-order valence-electron chi connectivity index (χ1n) is 9.49. The fourth-order valence-corrected chi connectivity index (χ4v) is 4.91. The molecule has 5 rings (SSSR count). The van der Waals surface area contributed by atoms with E-state index in [1.807, 2.05) is 37.6 Å².